The second-order valence-electron chi connectivity index (χ2n) is 10.9. The summed E-state index contributed by atoms with van der Waals surface area (Å²) in [5.41, 5.74) is 10.6. The van der Waals surface area contributed by atoms with Crippen molar-refractivity contribution in [3.8, 4) is 45.3 Å². The monoisotopic (exact) mass is 536 g/mol. The van der Waals surface area contributed by atoms with Crippen LogP contribution in [0.5, 0.6) is 11.5 Å². The minimum atomic E-state index is -0.515. The number of para-hydroxylation sites is 3. The maximum absolute atomic E-state index is 6.91. The van der Waals surface area contributed by atoms with Gasteiger partial charge in [-0.3, -0.25) is 0 Å². The van der Waals surface area contributed by atoms with E-state index in [0.717, 1.165) is 50.3 Å². The van der Waals surface area contributed by atoms with Gasteiger partial charge in [0, 0.05) is 27.6 Å². The summed E-state index contributed by atoms with van der Waals surface area (Å²) >= 11 is 0. The SMILES string of the molecule is c1ccc(-c2nc(-c3cccc4c3Oc3ccccc3C43c4ccccc4-c4ccccc43)c3ccccc3n2)cc1. The summed E-state index contributed by atoms with van der Waals surface area (Å²) in [4.78, 5) is 10.2. The van der Waals surface area contributed by atoms with Gasteiger partial charge < -0.3 is 4.74 Å². The molecule has 7 aromatic rings. The number of hydrogen-bond donors (Lipinski definition) is 0. The van der Waals surface area contributed by atoms with Crippen LogP contribution in [0.15, 0.2) is 146 Å². The van der Waals surface area contributed by atoms with Crippen LogP contribution in [0.2, 0.25) is 0 Å². The van der Waals surface area contributed by atoms with Crippen molar-refractivity contribution in [1.82, 2.24) is 9.97 Å². The number of benzene rings is 6. The Morgan fingerprint density at radius 2 is 1.05 bits per heavy atom. The van der Waals surface area contributed by atoms with Crippen molar-refractivity contribution in [1.29, 1.82) is 0 Å². The Morgan fingerprint density at radius 1 is 0.452 bits per heavy atom. The van der Waals surface area contributed by atoms with Crippen molar-refractivity contribution < 1.29 is 4.74 Å². The molecule has 0 N–H and O–H groups in total. The van der Waals surface area contributed by atoms with Crippen molar-refractivity contribution in [3.05, 3.63) is 168 Å². The van der Waals surface area contributed by atoms with Crippen LogP contribution in [0.4, 0.5) is 0 Å². The largest absolute Gasteiger partial charge is 0.456 e. The van der Waals surface area contributed by atoms with Crippen molar-refractivity contribution in [2.45, 2.75) is 5.41 Å². The Balaban J connectivity index is 1.40. The van der Waals surface area contributed by atoms with Crippen molar-refractivity contribution in [2.24, 2.45) is 0 Å². The predicted molar refractivity (Wildman–Crippen MR) is 168 cm³/mol. The second-order valence-corrected chi connectivity index (χ2v) is 10.9. The standard InChI is InChI=1S/C39H24N2O/c1-2-13-25(14-3-1)38-40-34-23-10-6-17-28(34)36(41-38)29-18-12-22-33-37(29)42-35-24-11-9-21-32(35)39(33)30-19-7-4-15-26(30)27-16-5-8-20-31(27)39/h1-24H. The fourth-order valence-corrected chi connectivity index (χ4v) is 7.06. The summed E-state index contributed by atoms with van der Waals surface area (Å²) in [6, 6.07) is 51.0. The average Bonchev–Trinajstić information content (AvgIpc) is 3.35. The smallest absolute Gasteiger partial charge is 0.160 e. The molecule has 2 aliphatic rings. The topological polar surface area (TPSA) is 35.0 Å². The molecule has 0 unspecified atom stereocenters. The Labute approximate surface area is 243 Å². The van der Waals surface area contributed by atoms with E-state index in [0.29, 0.717) is 5.82 Å². The lowest BCUT2D eigenvalue weighted by Gasteiger charge is -2.40. The first-order valence-corrected chi connectivity index (χ1v) is 14.3. The van der Waals surface area contributed by atoms with Gasteiger partial charge in [0.05, 0.1) is 16.6 Å². The molecule has 0 amide bonds. The quantitative estimate of drug-likeness (QED) is 0.221. The summed E-state index contributed by atoms with van der Waals surface area (Å²) in [5.74, 6) is 2.40. The lowest BCUT2D eigenvalue weighted by atomic mass is 9.65. The number of aromatic nitrogens is 2. The average molecular weight is 537 g/mol. The molecule has 3 nitrogen and oxygen atoms in total. The van der Waals surface area contributed by atoms with Crippen LogP contribution in [0, 0.1) is 0 Å². The summed E-state index contributed by atoms with van der Waals surface area (Å²) in [6.45, 7) is 0. The molecule has 1 aliphatic carbocycles. The van der Waals surface area contributed by atoms with Gasteiger partial charge in [0.1, 0.15) is 11.5 Å². The molecule has 1 aromatic heterocycles. The maximum Gasteiger partial charge on any atom is 0.160 e. The molecule has 9 rings (SSSR count). The highest BCUT2D eigenvalue weighted by molar-refractivity contribution is 5.97. The van der Waals surface area contributed by atoms with Crippen LogP contribution in [0.3, 0.4) is 0 Å². The maximum atomic E-state index is 6.91. The van der Waals surface area contributed by atoms with E-state index in [2.05, 4.69) is 115 Å². The van der Waals surface area contributed by atoms with Crippen LogP contribution >= 0.6 is 0 Å². The third kappa shape index (κ3) is 3.05. The highest BCUT2D eigenvalue weighted by Crippen LogP contribution is 2.63. The van der Waals surface area contributed by atoms with Crippen molar-refractivity contribution in [3.63, 3.8) is 0 Å². The van der Waals surface area contributed by atoms with Crippen molar-refractivity contribution >= 4 is 10.9 Å². The third-order valence-corrected chi connectivity index (χ3v) is 8.76. The number of fused-ring (bicyclic) bond motifs is 10. The lowest BCUT2D eigenvalue weighted by Crippen LogP contribution is -2.32. The van der Waals surface area contributed by atoms with Gasteiger partial charge in [0.25, 0.3) is 0 Å². The fraction of sp³-hybridized carbons (Fsp3) is 0.0256. The van der Waals surface area contributed by atoms with Crippen LogP contribution in [0.25, 0.3) is 44.7 Å². The summed E-state index contributed by atoms with van der Waals surface area (Å²) in [5, 5.41) is 0.995. The van der Waals surface area contributed by atoms with E-state index in [-0.39, 0.29) is 0 Å². The molecule has 3 heteroatoms. The summed E-state index contributed by atoms with van der Waals surface area (Å²) in [6.07, 6.45) is 0. The predicted octanol–water partition coefficient (Wildman–Crippen LogP) is 9.43. The van der Waals surface area contributed by atoms with E-state index in [1.165, 1.54) is 22.3 Å². The lowest BCUT2D eigenvalue weighted by molar-refractivity contribution is 0.438. The van der Waals surface area contributed by atoms with Crippen LogP contribution < -0.4 is 4.74 Å². The van der Waals surface area contributed by atoms with Gasteiger partial charge in [0.2, 0.25) is 0 Å². The van der Waals surface area contributed by atoms with Gasteiger partial charge in [0.15, 0.2) is 5.82 Å². The van der Waals surface area contributed by atoms with Gasteiger partial charge >= 0.3 is 0 Å². The molecule has 0 radical (unpaired) electrons. The minimum Gasteiger partial charge on any atom is -0.456 e. The molecule has 0 saturated carbocycles. The molecule has 196 valence electrons. The van der Waals surface area contributed by atoms with E-state index < -0.39 is 5.41 Å². The molecular weight excluding hydrogens is 512 g/mol. The van der Waals surface area contributed by atoms with E-state index in [1.807, 2.05) is 30.3 Å². The Morgan fingerprint density at radius 3 is 1.83 bits per heavy atom. The van der Waals surface area contributed by atoms with Crippen LogP contribution in [0.1, 0.15) is 22.3 Å². The Kier molecular flexibility index (Phi) is 4.82. The van der Waals surface area contributed by atoms with E-state index in [4.69, 9.17) is 14.7 Å². The zero-order valence-corrected chi connectivity index (χ0v) is 22.7. The molecule has 42 heavy (non-hydrogen) atoms. The van der Waals surface area contributed by atoms with E-state index >= 15 is 0 Å². The normalized spacial score (nSPS) is 13.6. The van der Waals surface area contributed by atoms with Gasteiger partial charge in [-0.25, -0.2) is 9.97 Å². The zero-order chi connectivity index (χ0) is 27.7. The molecule has 0 saturated heterocycles. The molecular formula is C39H24N2O. The molecule has 6 aromatic carbocycles. The Hall–Kier alpha value is -5.54. The number of rotatable bonds is 2. The van der Waals surface area contributed by atoms with E-state index in [9.17, 15) is 0 Å². The highest BCUT2D eigenvalue weighted by atomic mass is 16.5. The first-order chi connectivity index (χ1) is 20.8. The number of nitrogens with zero attached hydrogens (tertiary/aromatic N) is 2. The van der Waals surface area contributed by atoms with Crippen molar-refractivity contribution in [2.75, 3.05) is 0 Å². The third-order valence-electron chi connectivity index (χ3n) is 8.76. The Bertz CT molecular complexity index is 2140. The summed E-state index contributed by atoms with van der Waals surface area (Å²) < 4.78 is 6.91. The van der Waals surface area contributed by atoms with Crippen LogP contribution in [-0.4, -0.2) is 9.97 Å². The first-order valence-electron chi connectivity index (χ1n) is 14.3. The van der Waals surface area contributed by atoms with Gasteiger partial charge in [-0.15, -0.1) is 0 Å². The molecule has 1 aliphatic heterocycles. The second kappa shape index (κ2) is 8.73. The first kappa shape index (κ1) is 23.2. The zero-order valence-electron chi connectivity index (χ0n) is 22.7. The van der Waals surface area contributed by atoms with Crippen LogP contribution in [-0.2, 0) is 5.41 Å². The molecule has 1 spiro atoms. The summed E-state index contributed by atoms with van der Waals surface area (Å²) in [7, 11) is 0. The van der Waals surface area contributed by atoms with Gasteiger partial charge in [-0.05, 0) is 40.5 Å². The highest BCUT2D eigenvalue weighted by Gasteiger charge is 2.51. The molecule has 0 bridgehead atoms. The molecule has 2 heterocycles. The van der Waals surface area contributed by atoms with Gasteiger partial charge in [-0.2, -0.15) is 0 Å². The number of ether oxygens (including phenoxy) is 1. The number of hydrogen-bond acceptors (Lipinski definition) is 3. The molecule has 0 atom stereocenters. The fourth-order valence-electron chi connectivity index (χ4n) is 7.06. The van der Waals surface area contributed by atoms with Gasteiger partial charge in [-0.1, -0.05) is 127 Å². The molecule has 0 fully saturated rings. The minimum absolute atomic E-state index is 0.515. The van der Waals surface area contributed by atoms with E-state index in [1.54, 1.807) is 0 Å².